The highest BCUT2D eigenvalue weighted by molar-refractivity contribution is 6.11. The molecule has 10 heteroatoms. The van der Waals surface area contributed by atoms with Crippen LogP contribution in [0.2, 0.25) is 0 Å². The second-order valence-corrected chi connectivity index (χ2v) is 11.7. The van der Waals surface area contributed by atoms with E-state index in [0.29, 0.717) is 12.4 Å². The summed E-state index contributed by atoms with van der Waals surface area (Å²) in [5.41, 5.74) is 2.52. The number of carbonyl (C=O) groups is 1. The van der Waals surface area contributed by atoms with Gasteiger partial charge in [0.15, 0.2) is 5.84 Å². The summed E-state index contributed by atoms with van der Waals surface area (Å²) in [5.74, 6) is 3.26. The van der Waals surface area contributed by atoms with Crippen LogP contribution in [0.4, 0.5) is 17.5 Å². The van der Waals surface area contributed by atoms with Crippen LogP contribution in [0.15, 0.2) is 29.4 Å². The molecule has 38 heavy (non-hydrogen) atoms. The van der Waals surface area contributed by atoms with E-state index in [1.807, 2.05) is 43.4 Å². The zero-order valence-electron chi connectivity index (χ0n) is 23.4. The SMILES string of the molecule is CC(C)N(C)c1cc2c(c(N3CCNCC3)n1)CN(c1cccc(C3=NN(C)C4CCC(C)(C)N34)n1)C2=O. The number of amides is 1. The van der Waals surface area contributed by atoms with Gasteiger partial charge in [-0.2, -0.15) is 5.10 Å². The standard InChI is InChI=1S/C28H39N9O/c1-18(2)33(5)23-16-19-20(25(31-23)35-14-12-29-13-15-35)17-36(27(19)38)22-9-7-8-21(30-22)26-32-34(6)24-10-11-28(3,4)37(24)26/h7-9,16,18,24,29H,10-15,17H2,1-6H3. The van der Waals surface area contributed by atoms with Gasteiger partial charge in [-0.1, -0.05) is 6.07 Å². The fraction of sp³-hybridized carbons (Fsp3) is 0.571. The quantitative estimate of drug-likeness (QED) is 0.648. The topological polar surface area (TPSA) is 83.4 Å². The fourth-order valence-electron chi connectivity index (χ4n) is 6.09. The lowest BCUT2D eigenvalue weighted by atomic mass is 10.0. The van der Waals surface area contributed by atoms with Crippen LogP contribution in [0.3, 0.4) is 0 Å². The number of nitrogens with zero attached hydrogens (tertiary/aromatic N) is 8. The summed E-state index contributed by atoms with van der Waals surface area (Å²) >= 11 is 0. The second kappa shape index (κ2) is 9.11. The third-order valence-corrected chi connectivity index (χ3v) is 8.55. The summed E-state index contributed by atoms with van der Waals surface area (Å²) < 4.78 is 0. The molecule has 0 radical (unpaired) electrons. The molecule has 1 unspecified atom stereocenters. The number of fused-ring (bicyclic) bond motifs is 2. The van der Waals surface area contributed by atoms with E-state index < -0.39 is 0 Å². The number of carbonyl (C=O) groups excluding carboxylic acids is 1. The van der Waals surface area contributed by atoms with Crippen LogP contribution in [0.25, 0.3) is 0 Å². The number of aromatic nitrogens is 2. The highest BCUT2D eigenvalue weighted by Crippen LogP contribution is 2.40. The molecule has 2 fully saturated rings. The van der Waals surface area contributed by atoms with Crippen molar-refractivity contribution in [3.05, 3.63) is 41.1 Å². The molecule has 10 nitrogen and oxygen atoms in total. The van der Waals surface area contributed by atoms with Crippen molar-refractivity contribution in [3.8, 4) is 0 Å². The highest BCUT2D eigenvalue weighted by atomic mass is 16.2. The summed E-state index contributed by atoms with van der Waals surface area (Å²) in [7, 11) is 4.07. The summed E-state index contributed by atoms with van der Waals surface area (Å²) in [6, 6.07) is 8.15. The van der Waals surface area contributed by atoms with Gasteiger partial charge in [0.05, 0.1) is 12.1 Å². The summed E-state index contributed by atoms with van der Waals surface area (Å²) in [5, 5.41) is 10.3. The summed E-state index contributed by atoms with van der Waals surface area (Å²) in [4.78, 5) is 32.6. The minimum absolute atomic E-state index is 0.00829. The Morgan fingerprint density at radius 1 is 1.16 bits per heavy atom. The van der Waals surface area contributed by atoms with E-state index >= 15 is 0 Å². The normalized spacial score (nSPS) is 22.3. The first-order valence-corrected chi connectivity index (χ1v) is 13.8. The molecule has 6 rings (SSSR count). The van der Waals surface area contributed by atoms with Gasteiger partial charge in [-0.25, -0.2) is 9.97 Å². The van der Waals surface area contributed by atoms with Crippen LogP contribution < -0.4 is 20.0 Å². The van der Waals surface area contributed by atoms with Gasteiger partial charge < -0.3 is 20.0 Å². The Labute approximate surface area is 225 Å². The number of anilines is 3. The van der Waals surface area contributed by atoms with Crippen LogP contribution in [0.1, 0.15) is 62.2 Å². The summed E-state index contributed by atoms with van der Waals surface area (Å²) in [6.07, 6.45) is 2.44. The Kier molecular flexibility index (Phi) is 5.97. The Hall–Kier alpha value is -3.40. The lowest BCUT2D eigenvalue weighted by Crippen LogP contribution is -2.46. The van der Waals surface area contributed by atoms with Gasteiger partial charge in [0.1, 0.15) is 29.3 Å². The molecule has 0 bridgehead atoms. The molecule has 1 N–H and O–H groups in total. The molecule has 4 aliphatic heterocycles. The van der Waals surface area contributed by atoms with E-state index in [1.54, 1.807) is 4.90 Å². The van der Waals surface area contributed by atoms with Crippen LogP contribution in [-0.4, -0.2) is 89.6 Å². The van der Waals surface area contributed by atoms with Gasteiger partial charge >= 0.3 is 0 Å². The van der Waals surface area contributed by atoms with Crippen molar-refractivity contribution in [2.45, 2.75) is 64.8 Å². The third-order valence-electron chi connectivity index (χ3n) is 8.55. The Balaban J connectivity index is 1.36. The number of hydrogen-bond acceptors (Lipinski definition) is 9. The monoisotopic (exact) mass is 517 g/mol. The smallest absolute Gasteiger partial charge is 0.260 e. The first-order valence-electron chi connectivity index (χ1n) is 13.8. The molecule has 2 aromatic heterocycles. The van der Waals surface area contributed by atoms with Gasteiger partial charge in [-0.3, -0.25) is 14.7 Å². The lowest BCUT2D eigenvalue weighted by molar-refractivity contribution is 0.0996. The molecule has 202 valence electrons. The molecular weight excluding hydrogens is 478 g/mol. The minimum Gasteiger partial charge on any atom is -0.357 e. The van der Waals surface area contributed by atoms with Crippen LogP contribution >= 0.6 is 0 Å². The molecule has 0 aliphatic carbocycles. The van der Waals surface area contributed by atoms with Crippen molar-refractivity contribution in [3.63, 3.8) is 0 Å². The maximum atomic E-state index is 13.9. The number of pyridine rings is 2. The molecule has 1 amide bonds. The predicted molar refractivity (Wildman–Crippen MR) is 151 cm³/mol. The number of amidine groups is 1. The zero-order valence-corrected chi connectivity index (χ0v) is 23.4. The zero-order chi connectivity index (χ0) is 26.8. The maximum Gasteiger partial charge on any atom is 0.260 e. The van der Waals surface area contributed by atoms with E-state index in [1.165, 1.54) is 0 Å². The molecule has 6 heterocycles. The van der Waals surface area contributed by atoms with E-state index in [2.05, 4.69) is 47.7 Å². The summed E-state index contributed by atoms with van der Waals surface area (Å²) in [6.45, 7) is 12.8. The molecule has 4 aliphatic rings. The Morgan fingerprint density at radius 3 is 2.66 bits per heavy atom. The molecular formula is C28H39N9O. The van der Waals surface area contributed by atoms with Crippen molar-refractivity contribution >= 4 is 29.2 Å². The molecule has 0 saturated carbocycles. The van der Waals surface area contributed by atoms with Crippen molar-refractivity contribution < 1.29 is 4.79 Å². The van der Waals surface area contributed by atoms with Gasteiger partial charge in [-0.05, 0) is 58.7 Å². The fourth-order valence-corrected chi connectivity index (χ4v) is 6.09. The number of piperazine rings is 1. The Bertz CT molecular complexity index is 1280. The van der Waals surface area contributed by atoms with E-state index in [4.69, 9.17) is 15.1 Å². The van der Waals surface area contributed by atoms with Crippen molar-refractivity contribution in [1.82, 2.24) is 25.2 Å². The Morgan fingerprint density at radius 2 is 1.92 bits per heavy atom. The van der Waals surface area contributed by atoms with Crippen LogP contribution in [-0.2, 0) is 6.54 Å². The average Bonchev–Trinajstić information content (AvgIpc) is 3.55. The average molecular weight is 518 g/mol. The highest BCUT2D eigenvalue weighted by Gasteiger charge is 2.47. The molecule has 0 spiro atoms. The molecule has 0 aromatic carbocycles. The van der Waals surface area contributed by atoms with Gasteiger partial charge in [0, 0.05) is 57.4 Å². The maximum absolute atomic E-state index is 13.9. The number of rotatable bonds is 5. The second-order valence-electron chi connectivity index (χ2n) is 11.7. The molecule has 2 aromatic rings. The van der Waals surface area contributed by atoms with Crippen LogP contribution in [0, 0.1) is 0 Å². The van der Waals surface area contributed by atoms with E-state index in [-0.39, 0.29) is 23.7 Å². The first kappa shape index (κ1) is 24.9. The van der Waals surface area contributed by atoms with Crippen molar-refractivity contribution in [2.75, 3.05) is 55.0 Å². The van der Waals surface area contributed by atoms with Gasteiger partial charge in [-0.15, -0.1) is 0 Å². The largest absolute Gasteiger partial charge is 0.357 e. The number of hydrazone groups is 1. The predicted octanol–water partition coefficient (Wildman–Crippen LogP) is 2.70. The van der Waals surface area contributed by atoms with Gasteiger partial charge in [0.2, 0.25) is 0 Å². The van der Waals surface area contributed by atoms with Gasteiger partial charge in [0.25, 0.3) is 5.91 Å². The van der Waals surface area contributed by atoms with E-state index in [9.17, 15) is 4.79 Å². The molecule has 1 atom stereocenters. The first-order chi connectivity index (χ1) is 18.2. The van der Waals surface area contributed by atoms with Crippen molar-refractivity contribution in [2.24, 2.45) is 5.10 Å². The molecule has 2 saturated heterocycles. The minimum atomic E-state index is -0.0216. The number of nitrogens with one attached hydrogen (secondary N) is 1. The third kappa shape index (κ3) is 3.97. The van der Waals surface area contributed by atoms with Crippen LogP contribution in [0.5, 0.6) is 0 Å². The van der Waals surface area contributed by atoms with Crippen molar-refractivity contribution in [1.29, 1.82) is 0 Å². The lowest BCUT2D eigenvalue weighted by Gasteiger charge is -2.34. The van der Waals surface area contributed by atoms with E-state index in [0.717, 1.165) is 73.3 Å². The number of hydrogen-bond donors (Lipinski definition) is 1.